The maximum atomic E-state index is 11.4. The fourth-order valence-corrected chi connectivity index (χ4v) is 2.73. The molecular formula is C15H21N3O2S. The minimum atomic E-state index is -3.12. The number of benzene rings is 1. The molecule has 0 unspecified atom stereocenters. The summed E-state index contributed by atoms with van der Waals surface area (Å²) in [4.78, 5) is 0.352. The molecule has 21 heavy (non-hydrogen) atoms. The molecule has 0 spiro atoms. The van der Waals surface area contributed by atoms with Crippen LogP contribution in [0.5, 0.6) is 0 Å². The molecule has 1 aromatic carbocycles. The number of nitrogens with one attached hydrogen (secondary N) is 1. The molecule has 114 valence electrons. The van der Waals surface area contributed by atoms with Crippen LogP contribution in [0.1, 0.15) is 23.9 Å². The van der Waals surface area contributed by atoms with Crippen molar-refractivity contribution in [1.29, 1.82) is 0 Å². The van der Waals surface area contributed by atoms with Crippen LogP contribution in [0.3, 0.4) is 0 Å². The molecule has 0 atom stereocenters. The van der Waals surface area contributed by atoms with E-state index in [4.69, 9.17) is 0 Å². The van der Waals surface area contributed by atoms with Gasteiger partial charge in [0.2, 0.25) is 0 Å². The second-order valence-electron chi connectivity index (χ2n) is 5.12. The molecule has 0 bridgehead atoms. The van der Waals surface area contributed by atoms with Gasteiger partial charge in [0.15, 0.2) is 9.84 Å². The van der Waals surface area contributed by atoms with Gasteiger partial charge in [-0.1, -0.05) is 19.1 Å². The van der Waals surface area contributed by atoms with Gasteiger partial charge < -0.3 is 5.32 Å². The summed E-state index contributed by atoms with van der Waals surface area (Å²) in [6.45, 7) is 3.51. The third-order valence-electron chi connectivity index (χ3n) is 3.38. The first-order valence-corrected chi connectivity index (χ1v) is 8.81. The summed E-state index contributed by atoms with van der Waals surface area (Å²) in [5, 5.41) is 7.75. The van der Waals surface area contributed by atoms with E-state index < -0.39 is 9.84 Å². The highest BCUT2D eigenvalue weighted by Gasteiger charge is 2.06. The second kappa shape index (κ2) is 6.41. The molecule has 0 aliphatic heterocycles. The first-order valence-electron chi connectivity index (χ1n) is 6.91. The Hall–Kier alpha value is -1.66. The monoisotopic (exact) mass is 307 g/mol. The summed E-state index contributed by atoms with van der Waals surface area (Å²) in [6.07, 6.45) is 2.15. The van der Waals surface area contributed by atoms with Crippen LogP contribution in [0.2, 0.25) is 0 Å². The van der Waals surface area contributed by atoms with Gasteiger partial charge in [-0.25, -0.2) is 8.42 Å². The van der Waals surface area contributed by atoms with Gasteiger partial charge in [0.1, 0.15) is 0 Å². The van der Waals surface area contributed by atoms with Crippen molar-refractivity contribution in [2.45, 2.75) is 31.3 Å². The smallest absolute Gasteiger partial charge is 0.175 e. The quantitative estimate of drug-likeness (QED) is 0.882. The van der Waals surface area contributed by atoms with Crippen molar-refractivity contribution < 1.29 is 8.42 Å². The fraction of sp³-hybridized carbons (Fsp3) is 0.400. The van der Waals surface area contributed by atoms with Crippen molar-refractivity contribution in [2.24, 2.45) is 7.05 Å². The standard InChI is InChI=1S/C15H21N3O2S/c1-4-13-9-14(18(2)17-13)11-16-10-12-5-7-15(8-6-12)21(3,19)20/h5-9,16H,4,10-11H2,1-3H3. The highest BCUT2D eigenvalue weighted by atomic mass is 32.2. The SMILES string of the molecule is CCc1cc(CNCc2ccc(S(C)(=O)=O)cc2)n(C)n1. The lowest BCUT2D eigenvalue weighted by Gasteiger charge is -2.06. The van der Waals surface area contributed by atoms with E-state index in [-0.39, 0.29) is 0 Å². The molecule has 1 aromatic heterocycles. The first-order chi connectivity index (χ1) is 9.90. The number of aromatic nitrogens is 2. The number of rotatable bonds is 6. The van der Waals surface area contributed by atoms with Crippen LogP contribution in [0.4, 0.5) is 0 Å². The summed E-state index contributed by atoms with van der Waals surface area (Å²) in [5.41, 5.74) is 3.28. The molecule has 2 rings (SSSR count). The van der Waals surface area contributed by atoms with E-state index in [2.05, 4.69) is 23.4 Å². The molecule has 1 N–H and O–H groups in total. The number of hydrogen-bond donors (Lipinski definition) is 1. The molecule has 1 heterocycles. The number of hydrogen-bond acceptors (Lipinski definition) is 4. The van der Waals surface area contributed by atoms with E-state index in [1.807, 2.05) is 23.9 Å². The van der Waals surface area contributed by atoms with Gasteiger partial charge >= 0.3 is 0 Å². The van der Waals surface area contributed by atoms with E-state index in [1.165, 1.54) is 6.26 Å². The number of nitrogens with zero attached hydrogens (tertiary/aromatic N) is 2. The lowest BCUT2D eigenvalue weighted by Crippen LogP contribution is -2.15. The predicted molar refractivity (Wildman–Crippen MR) is 82.7 cm³/mol. The summed E-state index contributed by atoms with van der Waals surface area (Å²) >= 11 is 0. The van der Waals surface area contributed by atoms with Gasteiger partial charge in [-0.05, 0) is 30.2 Å². The van der Waals surface area contributed by atoms with Crippen molar-refractivity contribution in [3.05, 3.63) is 47.3 Å². The molecule has 0 aliphatic rings. The van der Waals surface area contributed by atoms with Crippen molar-refractivity contribution in [1.82, 2.24) is 15.1 Å². The van der Waals surface area contributed by atoms with E-state index in [0.29, 0.717) is 11.4 Å². The molecule has 6 heteroatoms. The Bertz CT molecular complexity index is 703. The van der Waals surface area contributed by atoms with Gasteiger partial charge in [-0.3, -0.25) is 4.68 Å². The molecule has 0 aliphatic carbocycles. The van der Waals surface area contributed by atoms with E-state index >= 15 is 0 Å². The van der Waals surface area contributed by atoms with Crippen molar-refractivity contribution in [3.63, 3.8) is 0 Å². The van der Waals surface area contributed by atoms with Crippen molar-refractivity contribution in [2.75, 3.05) is 6.26 Å². The highest BCUT2D eigenvalue weighted by molar-refractivity contribution is 7.90. The zero-order valence-corrected chi connectivity index (χ0v) is 13.4. The Balaban J connectivity index is 1.93. The Morgan fingerprint density at radius 1 is 1.19 bits per heavy atom. The maximum absolute atomic E-state index is 11.4. The second-order valence-corrected chi connectivity index (χ2v) is 7.14. The van der Waals surface area contributed by atoms with Crippen LogP contribution in [-0.2, 0) is 36.4 Å². The van der Waals surface area contributed by atoms with Gasteiger partial charge in [0.05, 0.1) is 16.3 Å². The molecular weight excluding hydrogens is 286 g/mol. The Morgan fingerprint density at radius 3 is 2.38 bits per heavy atom. The Labute approximate surface area is 125 Å². The van der Waals surface area contributed by atoms with Gasteiger partial charge in [0, 0.05) is 26.4 Å². The minimum Gasteiger partial charge on any atom is -0.307 e. The van der Waals surface area contributed by atoms with Crippen molar-refractivity contribution >= 4 is 9.84 Å². The zero-order valence-electron chi connectivity index (χ0n) is 12.6. The zero-order chi connectivity index (χ0) is 15.5. The average Bonchev–Trinajstić information content (AvgIpc) is 2.79. The van der Waals surface area contributed by atoms with E-state index in [1.54, 1.807) is 12.1 Å². The van der Waals surface area contributed by atoms with Gasteiger partial charge in [0.25, 0.3) is 0 Å². The molecule has 2 aromatic rings. The van der Waals surface area contributed by atoms with Crippen LogP contribution in [0, 0.1) is 0 Å². The molecule has 0 fully saturated rings. The maximum Gasteiger partial charge on any atom is 0.175 e. The topological polar surface area (TPSA) is 64.0 Å². The Morgan fingerprint density at radius 2 is 1.86 bits per heavy atom. The average molecular weight is 307 g/mol. The van der Waals surface area contributed by atoms with Gasteiger partial charge in [-0.15, -0.1) is 0 Å². The predicted octanol–water partition coefficient (Wildman–Crippen LogP) is 1.68. The largest absolute Gasteiger partial charge is 0.307 e. The lowest BCUT2D eigenvalue weighted by atomic mass is 10.2. The number of sulfone groups is 1. The molecule has 0 saturated heterocycles. The summed E-state index contributed by atoms with van der Waals surface area (Å²) in [6, 6.07) is 9.06. The van der Waals surface area contributed by atoms with Crippen LogP contribution in [0.25, 0.3) is 0 Å². The first kappa shape index (κ1) is 15.7. The molecule has 0 amide bonds. The van der Waals surface area contributed by atoms with Crippen LogP contribution < -0.4 is 5.32 Å². The minimum absolute atomic E-state index is 0.352. The summed E-state index contributed by atoms with van der Waals surface area (Å²) in [7, 11) is -1.18. The van der Waals surface area contributed by atoms with Gasteiger partial charge in [-0.2, -0.15) is 5.10 Å². The van der Waals surface area contributed by atoms with E-state index in [0.717, 1.165) is 29.9 Å². The Kier molecular flexibility index (Phi) is 4.80. The van der Waals surface area contributed by atoms with Crippen LogP contribution in [0.15, 0.2) is 35.2 Å². The molecule has 0 radical (unpaired) electrons. The fourth-order valence-electron chi connectivity index (χ4n) is 2.10. The lowest BCUT2D eigenvalue weighted by molar-refractivity contribution is 0.601. The third-order valence-corrected chi connectivity index (χ3v) is 4.50. The van der Waals surface area contributed by atoms with E-state index in [9.17, 15) is 8.42 Å². The normalized spacial score (nSPS) is 11.8. The number of aryl methyl sites for hydroxylation is 2. The highest BCUT2D eigenvalue weighted by Crippen LogP contribution is 2.10. The van der Waals surface area contributed by atoms with Crippen LogP contribution in [-0.4, -0.2) is 24.5 Å². The van der Waals surface area contributed by atoms with Crippen LogP contribution >= 0.6 is 0 Å². The third kappa shape index (κ3) is 4.15. The molecule has 5 nitrogen and oxygen atoms in total. The van der Waals surface area contributed by atoms with Crippen molar-refractivity contribution in [3.8, 4) is 0 Å². The molecule has 0 saturated carbocycles. The summed E-state index contributed by atoms with van der Waals surface area (Å²) < 4.78 is 24.7. The summed E-state index contributed by atoms with van der Waals surface area (Å²) in [5.74, 6) is 0.